The summed E-state index contributed by atoms with van der Waals surface area (Å²) in [5.41, 5.74) is 0.0230. The maximum atomic E-state index is 10.9. The second-order valence-corrected chi connectivity index (χ2v) is 5.60. The Bertz CT molecular complexity index is 624. The number of hydrogen-bond acceptors (Lipinski definition) is 6. The maximum Gasteiger partial charge on any atom is 0.354 e. The van der Waals surface area contributed by atoms with E-state index in [-0.39, 0.29) is 5.69 Å². The van der Waals surface area contributed by atoms with Crippen LogP contribution in [-0.2, 0) is 0 Å². The van der Waals surface area contributed by atoms with Crippen molar-refractivity contribution >= 4 is 17.7 Å². The summed E-state index contributed by atoms with van der Waals surface area (Å²) in [6.07, 6.45) is 4.56. The first kappa shape index (κ1) is 13.0. The van der Waals surface area contributed by atoms with Crippen LogP contribution in [0.2, 0.25) is 0 Å². The highest BCUT2D eigenvalue weighted by Crippen LogP contribution is 2.33. The molecule has 0 unspecified atom stereocenters. The second-order valence-electron chi connectivity index (χ2n) is 4.61. The van der Waals surface area contributed by atoms with Crippen molar-refractivity contribution in [1.82, 2.24) is 25.2 Å². The summed E-state index contributed by atoms with van der Waals surface area (Å²) in [6, 6.07) is 5.23. The SMILES string of the molecule is O=C(O)c1cccc(Sc2nnnn2C2CCCC2)n1. The normalized spacial score (nSPS) is 15.6. The monoisotopic (exact) mass is 291 g/mol. The molecule has 104 valence electrons. The maximum absolute atomic E-state index is 10.9. The van der Waals surface area contributed by atoms with Crippen LogP contribution in [0.25, 0.3) is 0 Å². The zero-order valence-corrected chi connectivity index (χ0v) is 11.5. The van der Waals surface area contributed by atoms with Crippen LogP contribution in [0.5, 0.6) is 0 Å². The Morgan fingerprint density at radius 1 is 1.35 bits per heavy atom. The molecule has 1 aliphatic carbocycles. The number of aromatic carboxylic acids is 1. The van der Waals surface area contributed by atoms with Crippen LogP contribution in [0, 0.1) is 0 Å². The highest BCUT2D eigenvalue weighted by atomic mass is 32.2. The summed E-state index contributed by atoms with van der Waals surface area (Å²) >= 11 is 1.29. The highest BCUT2D eigenvalue weighted by Gasteiger charge is 2.22. The molecule has 2 heterocycles. The molecule has 0 saturated heterocycles. The fourth-order valence-corrected chi connectivity index (χ4v) is 3.15. The number of rotatable bonds is 4. The van der Waals surface area contributed by atoms with Crippen molar-refractivity contribution in [2.24, 2.45) is 0 Å². The van der Waals surface area contributed by atoms with E-state index in [0.29, 0.717) is 16.2 Å². The van der Waals surface area contributed by atoms with Crippen molar-refractivity contribution < 1.29 is 9.90 Å². The van der Waals surface area contributed by atoms with E-state index in [1.165, 1.54) is 30.7 Å². The highest BCUT2D eigenvalue weighted by molar-refractivity contribution is 7.99. The van der Waals surface area contributed by atoms with Crippen LogP contribution in [0.15, 0.2) is 28.4 Å². The number of nitrogens with zero attached hydrogens (tertiary/aromatic N) is 5. The topological polar surface area (TPSA) is 93.8 Å². The Labute approximate surface area is 119 Å². The van der Waals surface area contributed by atoms with Crippen molar-refractivity contribution in [2.75, 3.05) is 0 Å². The molecule has 20 heavy (non-hydrogen) atoms. The molecule has 0 bridgehead atoms. The van der Waals surface area contributed by atoms with Crippen molar-refractivity contribution in [1.29, 1.82) is 0 Å². The van der Waals surface area contributed by atoms with Crippen LogP contribution >= 0.6 is 11.8 Å². The van der Waals surface area contributed by atoms with Gasteiger partial charge in [-0.25, -0.2) is 14.5 Å². The lowest BCUT2D eigenvalue weighted by Crippen LogP contribution is -2.08. The lowest BCUT2D eigenvalue weighted by molar-refractivity contribution is 0.0689. The van der Waals surface area contributed by atoms with Gasteiger partial charge in [-0.05, 0) is 47.2 Å². The van der Waals surface area contributed by atoms with Gasteiger partial charge in [-0.2, -0.15) is 0 Å². The van der Waals surface area contributed by atoms with Gasteiger partial charge in [0.15, 0.2) is 0 Å². The lowest BCUT2D eigenvalue weighted by atomic mass is 10.3. The largest absolute Gasteiger partial charge is 0.477 e. The van der Waals surface area contributed by atoms with Gasteiger partial charge < -0.3 is 5.11 Å². The molecule has 0 spiro atoms. The Hall–Kier alpha value is -1.96. The molecular weight excluding hydrogens is 278 g/mol. The number of tetrazole rings is 1. The molecule has 3 rings (SSSR count). The molecule has 2 aromatic heterocycles. The van der Waals surface area contributed by atoms with Gasteiger partial charge in [-0.15, -0.1) is 5.10 Å². The third-order valence-electron chi connectivity index (χ3n) is 3.27. The first-order chi connectivity index (χ1) is 9.74. The van der Waals surface area contributed by atoms with Crippen LogP contribution in [0.4, 0.5) is 0 Å². The molecular formula is C12H13N5O2S. The Morgan fingerprint density at radius 3 is 2.90 bits per heavy atom. The third-order valence-corrected chi connectivity index (χ3v) is 4.16. The number of pyridine rings is 1. The van der Waals surface area contributed by atoms with Crippen molar-refractivity contribution in [3.8, 4) is 0 Å². The van der Waals surface area contributed by atoms with Gasteiger partial charge in [-0.3, -0.25) is 0 Å². The Morgan fingerprint density at radius 2 is 2.15 bits per heavy atom. The van der Waals surface area contributed by atoms with Crippen LogP contribution in [0.1, 0.15) is 42.2 Å². The first-order valence-electron chi connectivity index (χ1n) is 6.40. The summed E-state index contributed by atoms with van der Waals surface area (Å²) in [4.78, 5) is 15.0. The Kier molecular flexibility index (Phi) is 3.64. The van der Waals surface area contributed by atoms with E-state index < -0.39 is 5.97 Å². The van der Waals surface area contributed by atoms with Crippen LogP contribution < -0.4 is 0 Å². The standard InChI is InChI=1S/C12H13N5O2S/c18-11(19)9-6-3-7-10(13-9)20-12-14-15-16-17(12)8-4-1-2-5-8/h3,6-8H,1-2,4-5H2,(H,18,19). The summed E-state index contributed by atoms with van der Waals surface area (Å²) in [5, 5.41) is 22.0. The van der Waals surface area contributed by atoms with E-state index in [9.17, 15) is 4.79 Å². The molecule has 1 saturated carbocycles. The zero-order chi connectivity index (χ0) is 13.9. The van der Waals surface area contributed by atoms with Crippen molar-refractivity contribution in [2.45, 2.75) is 41.9 Å². The third kappa shape index (κ3) is 2.64. The van der Waals surface area contributed by atoms with E-state index in [1.54, 1.807) is 12.1 Å². The molecule has 2 aromatic rings. The molecule has 8 heteroatoms. The van der Waals surface area contributed by atoms with E-state index in [4.69, 9.17) is 5.11 Å². The lowest BCUT2D eigenvalue weighted by Gasteiger charge is -2.10. The fourth-order valence-electron chi connectivity index (χ4n) is 2.31. The van der Waals surface area contributed by atoms with Crippen LogP contribution in [0.3, 0.4) is 0 Å². The van der Waals surface area contributed by atoms with E-state index >= 15 is 0 Å². The molecule has 1 N–H and O–H groups in total. The summed E-state index contributed by atoms with van der Waals surface area (Å²) in [7, 11) is 0. The average Bonchev–Trinajstić information content (AvgIpc) is 3.09. The number of carboxylic acid groups (broad SMARTS) is 1. The Balaban J connectivity index is 1.82. The molecule has 0 amide bonds. The molecule has 7 nitrogen and oxygen atoms in total. The summed E-state index contributed by atoms with van der Waals surface area (Å²) in [5.74, 6) is -1.04. The van der Waals surface area contributed by atoms with E-state index in [0.717, 1.165) is 12.8 Å². The molecule has 0 aromatic carbocycles. The van der Waals surface area contributed by atoms with Gasteiger partial charge in [0.2, 0.25) is 5.16 Å². The number of carbonyl (C=O) groups is 1. The van der Waals surface area contributed by atoms with E-state index in [2.05, 4.69) is 20.5 Å². The summed E-state index contributed by atoms with van der Waals surface area (Å²) in [6.45, 7) is 0. The summed E-state index contributed by atoms with van der Waals surface area (Å²) < 4.78 is 1.83. The quantitative estimate of drug-likeness (QED) is 0.921. The van der Waals surface area contributed by atoms with E-state index in [1.807, 2.05) is 4.68 Å². The minimum absolute atomic E-state index is 0.0230. The predicted octanol–water partition coefficient (Wildman–Crippen LogP) is 2.03. The minimum atomic E-state index is -1.04. The number of aromatic nitrogens is 5. The van der Waals surface area contributed by atoms with Gasteiger partial charge in [0.25, 0.3) is 0 Å². The first-order valence-corrected chi connectivity index (χ1v) is 7.22. The number of hydrogen-bond donors (Lipinski definition) is 1. The van der Waals surface area contributed by atoms with Crippen molar-refractivity contribution in [3.05, 3.63) is 23.9 Å². The van der Waals surface area contributed by atoms with Crippen LogP contribution in [-0.4, -0.2) is 36.3 Å². The zero-order valence-electron chi connectivity index (χ0n) is 10.6. The molecule has 0 aliphatic heterocycles. The smallest absolute Gasteiger partial charge is 0.354 e. The van der Waals surface area contributed by atoms with Crippen molar-refractivity contribution in [3.63, 3.8) is 0 Å². The van der Waals surface area contributed by atoms with Gasteiger partial charge in [0, 0.05) is 0 Å². The minimum Gasteiger partial charge on any atom is -0.477 e. The van der Waals surface area contributed by atoms with Gasteiger partial charge in [0.05, 0.1) is 6.04 Å². The molecule has 0 radical (unpaired) electrons. The molecule has 1 fully saturated rings. The van der Waals surface area contributed by atoms with Gasteiger partial charge in [-0.1, -0.05) is 18.9 Å². The average molecular weight is 291 g/mol. The molecule has 1 aliphatic rings. The van der Waals surface area contributed by atoms with Gasteiger partial charge in [0.1, 0.15) is 10.7 Å². The predicted molar refractivity (Wildman–Crippen MR) is 70.6 cm³/mol. The second kappa shape index (κ2) is 5.58. The number of carboxylic acids is 1. The fraction of sp³-hybridized carbons (Fsp3) is 0.417. The molecule has 0 atom stereocenters. The van der Waals surface area contributed by atoms with Gasteiger partial charge >= 0.3 is 5.97 Å².